The second-order valence-electron chi connectivity index (χ2n) is 11.5. The monoisotopic (exact) mass is 568 g/mol. The molecule has 2 aliphatic rings. The molecule has 0 aliphatic carbocycles. The Labute approximate surface area is 241 Å². The molecule has 5 rings (SSSR count). The first kappa shape index (κ1) is 28.6. The Morgan fingerprint density at radius 1 is 1.02 bits per heavy atom. The van der Waals surface area contributed by atoms with Crippen molar-refractivity contribution >= 4 is 17.4 Å². The molecule has 2 aromatic carbocycles. The number of fused-ring (bicyclic) bond motifs is 2. The number of methoxy groups -OCH3 is 2. The summed E-state index contributed by atoms with van der Waals surface area (Å²) in [7, 11) is 5.33. The maximum Gasteiger partial charge on any atom is 0.188 e. The molecule has 3 heterocycles. The smallest absolute Gasteiger partial charge is 0.188 e. The Bertz CT molecular complexity index is 1310. The van der Waals surface area contributed by atoms with Gasteiger partial charge >= 0.3 is 0 Å². The molecule has 0 spiro atoms. The van der Waals surface area contributed by atoms with Crippen LogP contribution in [0.3, 0.4) is 0 Å². The largest absolute Gasteiger partial charge is 0.497 e. The first-order valence-corrected chi connectivity index (χ1v) is 14.1. The molecule has 0 N–H and O–H groups in total. The van der Waals surface area contributed by atoms with Gasteiger partial charge in [0.15, 0.2) is 12.6 Å². The minimum Gasteiger partial charge on any atom is -0.497 e. The van der Waals surface area contributed by atoms with Gasteiger partial charge in [-0.05, 0) is 81.8 Å². The lowest BCUT2D eigenvalue weighted by atomic mass is 9.66. The fourth-order valence-corrected chi connectivity index (χ4v) is 6.82. The summed E-state index contributed by atoms with van der Waals surface area (Å²) in [5.74, 6) is 1.52. The Kier molecular flexibility index (Phi) is 8.22. The number of ether oxygens (including phenoxy) is 3. The standard InChI is InChI=1S/C31H38ClFN4O3/c1-30-13-6-14-31(2,37(30)19-21-7-9-23(39-5)10-8-21)18-22(17-30)36(3)29-12-11-27(34-35-29)24-15-26(33)25(32)16-28(24)40-20-38-4/h7-12,15-16,22H,6,13-14,17-20H2,1-5H3/t22?,30-,31+. The maximum absolute atomic E-state index is 14.3. The van der Waals surface area contributed by atoms with Crippen molar-refractivity contribution < 1.29 is 18.6 Å². The van der Waals surface area contributed by atoms with E-state index in [1.807, 2.05) is 24.3 Å². The van der Waals surface area contributed by atoms with Gasteiger partial charge in [0.1, 0.15) is 17.3 Å². The fraction of sp³-hybridized carbons (Fsp3) is 0.484. The zero-order valence-corrected chi connectivity index (χ0v) is 24.7. The fourth-order valence-electron chi connectivity index (χ4n) is 6.67. The zero-order valence-electron chi connectivity index (χ0n) is 23.9. The SMILES string of the molecule is COCOc1cc(Cl)c(F)cc1-c1ccc(N(C)C2C[C@]3(C)CCC[C@](C)(C2)N3Cc2ccc(OC)cc2)nn1. The highest BCUT2D eigenvalue weighted by Gasteiger charge is 2.53. The van der Waals surface area contributed by atoms with Crippen molar-refractivity contribution in [2.24, 2.45) is 0 Å². The molecule has 3 atom stereocenters. The molecule has 0 radical (unpaired) electrons. The van der Waals surface area contributed by atoms with E-state index < -0.39 is 5.82 Å². The Hall–Kier alpha value is -2.94. The van der Waals surface area contributed by atoms with E-state index in [0.717, 1.165) is 31.0 Å². The summed E-state index contributed by atoms with van der Waals surface area (Å²) in [4.78, 5) is 5.00. The highest BCUT2D eigenvalue weighted by Crippen LogP contribution is 2.50. The van der Waals surface area contributed by atoms with Crippen LogP contribution in [0.15, 0.2) is 48.5 Å². The van der Waals surface area contributed by atoms with Gasteiger partial charge in [0.2, 0.25) is 0 Å². The van der Waals surface area contributed by atoms with E-state index >= 15 is 0 Å². The second-order valence-corrected chi connectivity index (χ2v) is 12.0. The van der Waals surface area contributed by atoms with Crippen molar-refractivity contribution in [2.45, 2.75) is 69.6 Å². The van der Waals surface area contributed by atoms with Gasteiger partial charge in [-0.2, -0.15) is 0 Å². The number of hydrogen-bond donors (Lipinski definition) is 0. The summed E-state index contributed by atoms with van der Waals surface area (Å²) in [6.45, 7) is 5.77. The van der Waals surface area contributed by atoms with E-state index in [0.29, 0.717) is 23.0 Å². The number of anilines is 1. The number of nitrogens with zero attached hydrogens (tertiary/aromatic N) is 4. The van der Waals surface area contributed by atoms with Gasteiger partial charge in [-0.1, -0.05) is 23.7 Å². The average molecular weight is 569 g/mol. The van der Waals surface area contributed by atoms with Crippen LogP contribution in [0, 0.1) is 5.82 Å². The number of benzene rings is 2. The molecule has 40 heavy (non-hydrogen) atoms. The van der Waals surface area contributed by atoms with Crippen LogP contribution in [0.5, 0.6) is 11.5 Å². The first-order valence-electron chi connectivity index (χ1n) is 13.7. The number of piperidine rings is 2. The summed E-state index contributed by atoms with van der Waals surface area (Å²) < 4.78 is 30.3. The summed E-state index contributed by atoms with van der Waals surface area (Å²) >= 11 is 5.99. The van der Waals surface area contributed by atoms with Crippen LogP contribution in [0.4, 0.5) is 10.2 Å². The van der Waals surface area contributed by atoms with Crippen LogP contribution < -0.4 is 14.4 Å². The number of hydrogen-bond acceptors (Lipinski definition) is 7. The summed E-state index contributed by atoms with van der Waals surface area (Å²) in [6.07, 6.45) is 5.65. The van der Waals surface area contributed by atoms with E-state index in [1.165, 1.54) is 44.1 Å². The van der Waals surface area contributed by atoms with E-state index in [4.69, 9.17) is 25.8 Å². The Balaban J connectivity index is 1.35. The topological polar surface area (TPSA) is 60.0 Å². The van der Waals surface area contributed by atoms with E-state index in [9.17, 15) is 4.39 Å². The highest BCUT2D eigenvalue weighted by molar-refractivity contribution is 6.31. The maximum atomic E-state index is 14.3. The van der Waals surface area contributed by atoms with Crippen LogP contribution in [0.25, 0.3) is 11.3 Å². The van der Waals surface area contributed by atoms with Crippen molar-refractivity contribution in [1.82, 2.24) is 15.1 Å². The predicted molar refractivity (Wildman–Crippen MR) is 156 cm³/mol. The van der Waals surface area contributed by atoms with Gasteiger partial charge in [0, 0.05) is 49.5 Å². The number of halogens is 2. The van der Waals surface area contributed by atoms with Crippen LogP contribution >= 0.6 is 11.6 Å². The third-order valence-electron chi connectivity index (χ3n) is 8.77. The molecule has 0 amide bonds. The lowest BCUT2D eigenvalue weighted by molar-refractivity contribution is -0.0976. The van der Waals surface area contributed by atoms with Gasteiger partial charge in [0.25, 0.3) is 0 Å². The second kappa shape index (κ2) is 11.5. The van der Waals surface area contributed by atoms with Gasteiger partial charge in [-0.15, -0.1) is 10.2 Å². The molecule has 9 heteroatoms. The minimum absolute atomic E-state index is 0.0118. The number of aromatic nitrogens is 2. The normalized spacial score (nSPS) is 24.5. The third-order valence-corrected chi connectivity index (χ3v) is 9.06. The molecular formula is C31H38ClFN4O3. The molecule has 2 saturated heterocycles. The Morgan fingerprint density at radius 2 is 1.73 bits per heavy atom. The molecule has 214 valence electrons. The third kappa shape index (κ3) is 5.62. The lowest BCUT2D eigenvalue weighted by Gasteiger charge is -2.62. The quantitative estimate of drug-likeness (QED) is 0.265. The van der Waals surface area contributed by atoms with Gasteiger partial charge in [0.05, 0.1) is 17.8 Å². The van der Waals surface area contributed by atoms with E-state index in [2.05, 4.69) is 53.0 Å². The predicted octanol–water partition coefficient (Wildman–Crippen LogP) is 6.73. The van der Waals surface area contributed by atoms with Crippen molar-refractivity contribution in [3.8, 4) is 22.8 Å². The molecule has 2 fully saturated rings. The van der Waals surface area contributed by atoms with E-state index in [-0.39, 0.29) is 22.9 Å². The molecule has 1 unspecified atom stereocenters. The van der Waals surface area contributed by atoms with Gasteiger partial charge in [-0.25, -0.2) is 4.39 Å². The zero-order chi connectivity index (χ0) is 28.5. The van der Waals surface area contributed by atoms with Crippen LogP contribution in [-0.4, -0.2) is 60.3 Å². The first-order chi connectivity index (χ1) is 19.2. The summed E-state index contributed by atoms with van der Waals surface area (Å²) in [5, 5.41) is 8.98. The van der Waals surface area contributed by atoms with Crippen molar-refractivity contribution in [1.29, 1.82) is 0 Å². The highest BCUT2D eigenvalue weighted by atomic mass is 35.5. The van der Waals surface area contributed by atoms with E-state index in [1.54, 1.807) is 7.11 Å². The molecule has 2 aliphatic heterocycles. The minimum atomic E-state index is -0.543. The van der Waals surface area contributed by atoms with Crippen LogP contribution in [-0.2, 0) is 11.3 Å². The number of rotatable bonds is 9. The van der Waals surface area contributed by atoms with Crippen molar-refractivity contribution in [2.75, 3.05) is 33.0 Å². The van der Waals surface area contributed by atoms with Crippen molar-refractivity contribution in [3.63, 3.8) is 0 Å². The van der Waals surface area contributed by atoms with Crippen LogP contribution in [0.2, 0.25) is 5.02 Å². The molecule has 1 aromatic heterocycles. The average Bonchev–Trinajstić information content (AvgIpc) is 2.94. The molecule has 2 bridgehead atoms. The lowest BCUT2D eigenvalue weighted by Crippen LogP contribution is -2.67. The summed E-state index contributed by atoms with van der Waals surface area (Å²) in [6, 6.07) is 15.3. The van der Waals surface area contributed by atoms with Gasteiger partial charge in [-0.3, -0.25) is 4.90 Å². The molecule has 0 saturated carbocycles. The van der Waals surface area contributed by atoms with Crippen LogP contribution in [0.1, 0.15) is 51.5 Å². The van der Waals surface area contributed by atoms with Gasteiger partial charge < -0.3 is 19.1 Å². The van der Waals surface area contributed by atoms with Crippen molar-refractivity contribution in [3.05, 3.63) is 64.9 Å². The molecular weight excluding hydrogens is 531 g/mol. The Morgan fingerprint density at radius 3 is 2.33 bits per heavy atom. The molecule has 3 aromatic rings. The summed E-state index contributed by atoms with van der Waals surface area (Å²) in [5.41, 5.74) is 2.43. The molecule has 7 nitrogen and oxygen atoms in total.